The number of para-hydroxylation sites is 2. The molecule has 0 spiro atoms. The van der Waals surface area contributed by atoms with E-state index in [1.54, 1.807) is 13.8 Å². The second kappa shape index (κ2) is 4.28. The predicted octanol–water partition coefficient (Wildman–Crippen LogP) is 2.56. The van der Waals surface area contributed by atoms with Crippen molar-refractivity contribution in [2.45, 2.75) is 31.7 Å². The molecule has 4 nitrogen and oxygen atoms in total. The van der Waals surface area contributed by atoms with Crippen LogP contribution >= 0.6 is 11.6 Å². The molecule has 1 atom stereocenters. The van der Waals surface area contributed by atoms with Crippen LogP contribution in [-0.2, 0) is 10.3 Å². The lowest BCUT2D eigenvalue weighted by atomic mass is 10.0. The molecule has 0 aliphatic heterocycles. The van der Waals surface area contributed by atoms with Gasteiger partial charge in [-0.15, -0.1) is 11.6 Å². The summed E-state index contributed by atoms with van der Waals surface area (Å²) in [5.74, 6) is 0.242. The predicted molar refractivity (Wildman–Crippen MR) is 72.5 cm³/mol. The fraction of sp³-hybridized carbons (Fsp3) is 0.385. The minimum atomic E-state index is -0.866. The third-order valence-corrected chi connectivity index (χ3v) is 3.30. The maximum atomic E-state index is 11.7. The van der Waals surface area contributed by atoms with Crippen molar-refractivity contribution in [3.05, 3.63) is 30.1 Å². The van der Waals surface area contributed by atoms with Crippen molar-refractivity contribution in [1.82, 2.24) is 9.55 Å². The van der Waals surface area contributed by atoms with Gasteiger partial charge < -0.3 is 10.3 Å². The minimum Gasteiger partial charge on any atom is -0.368 e. The first-order valence-electron chi connectivity index (χ1n) is 5.77. The van der Waals surface area contributed by atoms with E-state index in [0.29, 0.717) is 5.82 Å². The van der Waals surface area contributed by atoms with E-state index in [2.05, 4.69) is 4.98 Å². The van der Waals surface area contributed by atoms with Gasteiger partial charge in [-0.1, -0.05) is 12.1 Å². The van der Waals surface area contributed by atoms with Crippen molar-refractivity contribution in [3.63, 3.8) is 0 Å². The second-order valence-electron chi connectivity index (χ2n) is 4.83. The summed E-state index contributed by atoms with van der Waals surface area (Å²) in [5.41, 5.74) is 6.30. The molecule has 0 radical (unpaired) electrons. The number of amides is 1. The number of imidazole rings is 1. The molecule has 1 aromatic carbocycles. The molecule has 5 heteroatoms. The van der Waals surface area contributed by atoms with Gasteiger partial charge in [-0.05, 0) is 32.9 Å². The molecule has 0 aliphatic carbocycles. The Labute approximate surface area is 111 Å². The number of alkyl halides is 1. The van der Waals surface area contributed by atoms with Crippen LogP contribution in [0.2, 0.25) is 0 Å². The first-order chi connectivity index (χ1) is 8.35. The smallest absolute Gasteiger partial charge is 0.243 e. The van der Waals surface area contributed by atoms with Crippen LogP contribution in [0.5, 0.6) is 0 Å². The lowest BCUT2D eigenvalue weighted by Gasteiger charge is -2.26. The van der Waals surface area contributed by atoms with Crippen LogP contribution in [0.25, 0.3) is 11.0 Å². The lowest BCUT2D eigenvalue weighted by molar-refractivity contribution is -0.125. The quantitative estimate of drug-likeness (QED) is 0.867. The molecule has 18 heavy (non-hydrogen) atoms. The number of hydrogen-bond donors (Lipinski definition) is 1. The number of carbonyl (C=O) groups is 1. The van der Waals surface area contributed by atoms with E-state index in [-0.39, 0.29) is 5.38 Å². The zero-order chi connectivity index (χ0) is 13.5. The van der Waals surface area contributed by atoms with Crippen LogP contribution in [-0.4, -0.2) is 15.5 Å². The number of nitrogens with zero attached hydrogens (tertiary/aromatic N) is 2. The number of carbonyl (C=O) groups excluding carboxylic acids is 1. The van der Waals surface area contributed by atoms with Crippen molar-refractivity contribution in [2.24, 2.45) is 5.73 Å². The highest BCUT2D eigenvalue weighted by atomic mass is 35.5. The first kappa shape index (κ1) is 12.9. The Bertz CT molecular complexity index is 601. The highest BCUT2D eigenvalue weighted by Gasteiger charge is 2.32. The van der Waals surface area contributed by atoms with E-state index in [9.17, 15) is 4.79 Å². The molecule has 0 bridgehead atoms. The van der Waals surface area contributed by atoms with Gasteiger partial charge in [0, 0.05) is 0 Å². The number of rotatable bonds is 3. The van der Waals surface area contributed by atoms with Crippen molar-refractivity contribution in [3.8, 4) is 0 Å². The van der Waals surface area contributed by atoms with Gasteiger partial charge in [0.1, 0.15) is 11.4 Å². The Hall–Kier alpha value is -1.55. The Morgan fingerprint density at radius 1 is 1.44 bits per heavy atom. The Kier molecular flexibility index (Phi) is 3.07. The molecular weight excluding hydrogens is 250 g/mol. The normalized spacial score (nSPS) is 13.8. The number of aromatic nitrogens is 2. The summed E-state index contributed by atoms with van der Waals surface area (Å²) < 4.78 is 1.82. The van der Waals surface area contributed by atoms with E-state index in [4.69, 9.17) is 17.3 Å². The maximum Gasteiger partial charge on any atom is 0.243 e. The lowest BCUT2D eigenvalue weighted by Crippen LogP contribution is -2.42. The SMILES string of the molecule is CC(Cl)c1nc2ccccc2n1C(C)(C)C(N)=O. The van der Waals surface area contributed by atoms with Gasteiger partial charge in [-0.25, -0.2) is 4.98 Å². The van der Waals surface area contributed by atoms with Gasteiger partial charge >= 0.3 is 0 Å². The topological polar surface area (TPSA) is 60.9 Å². The summed E-state index contributed by atoms with van der Waals surface area (Å²) in [7, 11) is 0. The summed E-state index contributed by atoms with van der Waals surface area (Å²) in [6.07, 6.45) is 0. The van der Waals surface area contributed by atoms with Crippen LogP contribution < -0.4 is 5.73 Å². The number of hydrogen-bond acceptors (Lipinski definition) is 2. The molecular formula is C13H16ClN3O. The standard InChI is InChI=1S/C13H16ClN3O/c1-8(14)11-16-9-6-4-5-7-10(9)17(11)13(2,3)12(15)18/h4-8H,1-3H3,(H2,15,18). The monoisotopic (exact) mass is 265 g/mol. The fourth-order valence-electron chi connectivity index (χ4n) is 2.01. The van der Waals surface area contributed by atoms with Crippen molar-refractivity contribution < 1.29 is 4.79 Å². The first-order valence-corrected chi connectivity index (χ1v) is 6.21. The summed E-state index contributed by atoms with van der Waals surface area (Å²) in [5, 5.41) is -0.295. The maximum absolute atomic E-state index is 11.7. The molecule has 2 aromatic rings. The number of nitrogens with two attached hydrogens (primary N) is 1. The van der Waals surface area contributed by atoms with E-state index in [0.717, 1.165) is 11.0 Å². The molecule has 0 saturated carbocycles. The molecule has 1 aromatic heterocycles. The summed E-state index contributed by atoms with van der Waals surface area (Å²) in [6.45, 7) is 5.37. The van der Waals surface area contributed by atoms with Gasteiger partial charge in [0.15, 0.2) is 0 Å². The molecule has 0 saturated heterocycles. The minimum absolute atomic E-state index is 0.295. The van der Waals surface area contributed by atoms with Gasteiger partial charge in [-0.3, -0.25) is 4.79 Å². The van der Waals surface area contributed by atoms with Crippen LogP contribution in [0.15, 0.2) is 24.3 Å². The van der Waals surface area contributed by atoms with Crippen LogP contribution in [0.3, 0.4) is 0 Å². The second-order valence-corrected chi connectivity index (χ2v) is 5.49. The fourth-order valence-corrected chi connectivity index (χ4v) is 2.16. The largest absolute Gasteiger partial charge is 0.368 e. The zero-order valence-corrected chi connectivity index (χ0v) is 11.4. The van der Waals surface area contributed by atoms with Crippen molar-refractivity contribution in [1.29, 1.82) is 0 Å². The summed E-state index contributed by atoms with van der Waals surface area (Å²) in [4.78, 5) is 16.2. The van der Waals surface area contributed by atoms with E-state index in [1.165, 1.54) is 0 Å². The van der Waals surface area contributed by atoms with Crippen molar-refractivity contribution >= 4 is 28.5 Å². The molecule has 96 valence electrons. The molecule has 0 fully saturated rings. The van der Waals surface area contributed by atoms with Gasteiger partial charge in [0.2, 0.25) is 5.91 Å². The number of halogens is 1. The van der Waals surface area contributed by atoms with Gasteiger partial charge in [-0.2, -0.15) is 0 Å². The highest BCUT2D eigenvalue weighted by molar-refractivity contribution is 6.20. The summed E-state index contributed by atoms with van der Waals surface area (Å²) >= 11 is 6.16. The molecule has 0 aliphatic rings. The molecule has 1 unspecified atom stereocenters. The summed E-state index contributed by atoms with van der Waals surface area (Å²) in [6, 6.07) is 7.61. The molecule has 2 N–H and O–H groups in total. The van der Waals surface area contributed by atoms with Crippen LogP contribution in [0, 0.1) is 0 Å². The molecule has 1 amide bonds. The number of primary amides is 1. The Morgan fingerprint density at radius 3 is 2.61 bits per heavy atom. The average molecular weight is 266 g/mol. The number of benzene rings is 1. The third kappa shape index (κ3) is 1.86. The Morgan fingerprint density at radius 2 is 2.06 bits per heavy atom. The number of fused-ring (bicyclic) bond motifs is 1. The van der Waals surface area contributed by atoms with E-state index >= 15 is 0 Å². The van der Waals surface area contributed by atoms with E-state index in [1.807, 2.05) is 35.8 Å². The molecule has 1 heterocycles. The highest BCUT2D eigenvalue weighted by Crippen LogP contribution is 2.30. The van der Waals surface area contributed by atoms with Gasteiger partial charge in [0.25, 0.3) is 0 Å². The van der Waals surface area contributed by atoms with E-state index < -0.39 is 11.4 Å². The van der Waals surface area contributed by atoms with Gasteiger partial charge in [0.05, 0.1) is 16.4 Å². The van der Waals surface area contributed by atoms with Crippen molar-refractivity contribution in [2.75, 3.05) is 0 Å². The van der Waals surface area contributed by atoms with Crippen LogP contribution in [0.1, 0.15) is 32.0 Å². The molecule has 2 rings (SSSR count). The van der Waals surface area contributed by atoms with Crippen LogP contribution in [0.4, 0.5) is 0 Å². The zero-order valence-electron chi connectivity index (χ0n) is 10.6. The Balaban J connectivity index is 2.81. The third-order valence-electron chi connectivity index (χ3n) is 3.10. The average Bonchev–Trinajstić information content (AvgIpc) is 2.68.